The number of aromatic carboxylic acids is 1. The van der Waals surface area contributed by atoms with E-state index in [1.165, 1.54) is 42.5 Å². The van der Waals surface area contributed by atoms with Gasteiger partial charge in [0.2, 0.25) is 0 Å². The average molecular weight is 338 g/mol. The van der Waals surface area contributed by atoms with Crippen LogP contribution < -0.4 is 4.74 Å². The number of carboxylic acid groups (broad SMARTS) is 1. The zero-order chi connectivity index (χ0) is 14.7. The topological polar surface area (TPSA) is 89.7 Å². The molecular formula is C13H8BrNO5. The summed E-state index contributed by atoms with van der Waals surface area (Å²) >= 11 is 3.14. The quantitative estimate of drug-likeness (QED) is 0.676. The van der Waals surface area contributed by atoms with Crippen molar-refractivity contribution in [3.05, 3.63) is 62.6 Å². The fraction of sp³-hybridized carbons (Fsp3) is 0. The summed E-state index contributed by atoms with van der Waals surface area (Å²) in [5.41, 5.74) is 0.0980. The number of carboxylic acids is 1. The molecular weight excluding hydrogens is 330 g/mol. The van der Waals surface area contributed by atoms with E-state index in [-0.39, 0.29) is 11.3 Å². The second-order valence-corrected chi connectivity index (χ2v) is 4.65. The van der Waals surface area contributed by atoms with E-state index in [2.05, 4.69) is 15.9 Å². The maximum atomic E-state index is 10.9. The number of benzene rings is 2. The van der Waals surface area contributed by atoms with E-state index >= 15 is 0 Å². The molecule has 0 fully saturated rings. The summed E-state index contributed by atoms with van der Waals surface area (Å²) in [5, 5.41) is 19.4. The van der Waals surface area contributed by atoms with Gasteiger partial charge >= 0.3 is 5.97 Å². The number of ether oxygens (including phenoxy) is 1. The molecule has 0 heterocycles. The number of hydrogen-bond acceptors (Lipinski definition) is 4. The third-order valence-corrected chi connectivity index (χ3v) is 3.11. The predicted molar refractivity (Wildman–Crippen MR) is 74.3 cm³/mol. The van der Waals surface area contributed by atoms with Crippen LogP contribution in [0, 0.1) is 10.1 Å². The molecule has 0 saturated carbocycles. The van der Waals surface area contributed by atoms with E-state index in [4.69, 9.17) is 9.84 Å². The van der Waals surface area contributed by atoms with Crippen LogP contribution >= 0.6 is 15.9 Å². The molecule has 20 heavy (non-hydrogen) atoms. The average Bonchev–Trinajstić information content (AvgIpc) is 2.39. The van der Waals surface area contributed by atoms with Crippen LogP contribution in [0.1, 0.15) is 10.4 Å². The Bertz CT molecular complexity index is 669. The molecule has 2 rings (SSSR count). The molecule has 0 unspecified atom stereocenters. The number of hydrogen-bond donors (Lipinski definition) is 1. The zero-order valence-corrected chi connectivity index (χ0v) is 11.5. The van der Waals surface area contributed by atoms with Crippen molar-refractivity contribution >= 4 is 27.6 Å². The first-order valence-corrected chi connectivity index (χ1v) is 6.22. The van der Waals surface area contributed by atoms with E-state index in [0.717, 1.165) is 0 Å². The van der Waals surface area contributed by atoms with Crippen LogP contribution in [-0.4, -0.2) is 16.0 Å². The first kappa shape index (κ1) is 14.0. The monoisotopic (exact) mass is 337 g/mol. The molecule has 0 aliphatic heterocycles. The molecule has 0 spiro atoms. The third kappa shape index (κ3) is 3.12. The standard InChI is InChI=1S/C13H8BrNO5/c14-12-7-10(5-6-11(12)13(16)17)20-9-3-1-8(2-4-9)15(18)19/h1-7H,(H,16,17). The minimum Gasteiger partial charge on any atom is -0.478 e. The van der Waals surface area contributed by atoms with E-state index in [1.54, 1.807) is 0 Å². The fourth-order valence-corrected chi connectivity index (χ4v) is 2.03. The van der Waals surface area contributed by atoms with E-state index < -0.39 is 10.9 Å². The Labute approximate surface area is 121 Å². The van der Waals surface area contributed by atoms with Crippen LogP contribution in [0.15, 0.2) is 46.9 Å². The van der Waals surface area contributed by atoms with Gasteiger partial charge in [0.1, 0.15) is 11.5 Å². The molecule has 1 N–H and O–H groups in total. The van der Waals surface area contributed by atoms with Gasteiger partial charge in [0.25, 0.3) is 5.69 Å². The van der Waals surface area contributed by atoms with Gasteiger partial charge in [-0.25, -0.2) is 4.79 Å². The molecule has 102 valence electrons. The van der Waals surface area contributed by atoms with Crippen molar-refractivity contribution in [3.8, 4) is 11.5 Å². The van der Waals surface area contributed by atoms with Crippen LogP contribution in [0.3, 0.4) is 0 Å². The maximum absolute atomic E-state index is 10.9. The van der Waals surface area contributed by atoms with Gasteiger partial charge in [-0.3, -0.25) is 10.1 Å². The number of rotatable bonds is 4. The van der Waals surface area contributed by atoms with Gasteiger partial charge in [0, 0.05) is 16.6 Å². The Kier molecular flexibility index (Phi) is 3.99. The molecule has 0 aliphatic carbocycles. The highest BCUT2D eigenvalue weighted by Crippen LogP contribution is 2.28. The lowest BCUT2D eigenvalue weighted by molar-refractivity contribution is -0.384. The lowest BCUT2D eigenvalue weighted by atomic mass is 10.2. The largest absolute Gasteiger partial charge is 0.478 e. The summed E-state index contributed by atoms with van der Waals surface area (Å²) in [6.45, 7) is 0. The van der Waals surface area contributed by atoms with Crippen molar-refractivity contribution in [2.24, 2.45) is 0 Å². The van der Waals surface area contributed by atoms with Gasteiger partial charge in [-0.1, -0.05) is 0 Å². The second-order valence-electron chi connectivity index (χ2n) is 3.80. The molecule has 0 radical (unpaired) electrons. The summed E-state index contributed by atoms with van der Waals surface area (Å²) in [7, 11) is 0. The lowest BCUT2D eigenvalue weighted by Gasteiger charge is -2.07. The van der Waals surface area contributed by atoms with Crippen molar-refractivity contribution in [3.63, 3.8) is 0 Å². The number of nitro benzene ring substituents is 1. The number of nitrogens with zero attached hydrogens (tertiary/aromatic N) is 1. The van der Waals surface area contributed by atoms with E-state index in [9.17, 15) is 14.9 Å². The molecule has 2 aromatic carbocycles. The molecule has 0 saturated heterocycles. The highest BCUT2D eigenvalue weighted by Gasteiger charge is 2.10. The number of non-ortho nitro benzene ring substituents is 1. The first-order valence-electron chi connectivity index (χ1n) is 5.42. The number of halogens is 1. The molecule has 0 atom stereocenters. The van der Waals surface area contributed by atoms with Gasteiger partial charge in [-0.2, -0.15) is 0 Å². The third-order valence-electron chi connectivity index (χ3n) is 2.45. The highest BCUT2D eigenvalue weighted by atomic mass is 79.9. The van der Waals surface area contributed by atoms with Crippen molar-refractivity contribution in [1.82, 2.24) is 0 Å². The van der Waals surface area contributed by atoms with E-state index in [1.807, 2.05) is 0 Å². The molecule has 0 amide bonds. The summed E-state index contributed by atoms with van der Waals surface area (Å²) in [6.07, 6.45) is 0. The Hall–Kier alpha value is -2.41. The van der Waals surface area contributed by atoms with E-state index in [0.29, 0.717) is 16.0 Å². The second kappa shape index (κ2) is 5.70. The highest BCUT2D eigenvalue weighted by molar-refractivity contribution is 9.10. The van der Waals surface area contributed by atoms with Crippen molar-refractivity contribution < 1.29 is 19.6 Å². The van der Waals surface area contributed by atoms with Gasteiger partial charge in [0.05, 0.1) is 10.5 Å². The number of carbonyl (C=O) groups is 1. The Balaban J connectivity index is 2.19. The molecule has 7 heteroatoms. The number of nitro groups is 1. The molecule has 6 nitrogen and oxygen atoms in total. The minimum atomic E-state index is -1.04. The summed E-state index contributed by atoms with van der Waals surface area (Å²) in [4.78, 5) is 20.9. The summed E-state index contributed by atoms with van der Waals surface area (Å²) in [6, 6.07) is 10.0. The van der Waals surface area contributed by atoms with Crippen LogP contribution in [0.5, 0.6) is 11.5 Å². The molecule has 0 aromatic heterocycles. The van der Waals surface area contributed by atoms with Crippen LogP contribution in [0.2, 0.25) is 0 Å². The normalized spacial score (nSPS) is 10.1. The van der Waals surface area contributed by atoms with Gasteiger partial charge in [-0.15, -0.1) is 0 Å². The Morgan fingerprint density at radius 3 is 2.25 bits per heavy atom. The fourth-order valence-electron chi connectivity index (χ4n) is 1.50. The smallest absolute Gasteiger partial charge is 0.336 e. The summed E-state index contributed by atoms with van der Waals surface area (Å²) < 4.78 is 5.88. The maximum Gasteiger partial charge on any atom is 0.336 e. The summed E-state index contributed by atoms with van der Waals surface area (Å²) in [5.74, 6) is -0.194. The van der Waals surface area contributed by atoms with Crippen molar-refractivity contribution in [2.45, 2.75) is 0 Å². The SMILES string of the molecule is O=C(O)c1ccc(Oc2ccc([N+](=O)[O-])cc2)cc1Br. The van der Waals surface area contributed by atoms with Gasteiger partial charge in [0.15, 0.2) is 0 Å². The minimum absolute atomic E-state index is 0.0280. The Morgan fingerprint density at radius 2 is 1.75 bits per heavy atom. The van der Waals surface area contributed by atoms with Gasteiger partial charge in [-0.05, 0) is 46.3 Å². The van der Waals surface area contributed by atoms with Crippen LogP contribution in [0.25, 0.3) is 0 Å². The van der Waals surface area contributed by atoms with Crippen molar-refractivity contribution in [1.29, 1.82) is 0 Å². The first-order chi connectivity index (χ1) is 9.47. The molecule has 0 aliphatic rings. The van der Waals surface area contributed by atoms with Crippen LogP contribution in [-0.2, 0) is 0 Å². The van der Waals surface area contributed by atoms with Gasteiger partial charge < -0.3 is 9.84 Å². The molecule has 0 bridgehead atoms. The Morgan fingerprint density at radius 1 is 1.15 bits per heavy atom. The molecule has 2 aromatic rings. The van der Waals surface area contributed by atoms with Crippen LogP contribution in [0.4, 0.5) is 5.69 Å². The predicted octanol–water partition coefficient (Wildman–Crippen LogP) is 3.85. The lowest BCUT2D eigenvalue weighted by Crippen LogP contribution is -1.97. The van der Waals surface area contributed by atoms with Crippen molar-refractivity contribution in [2.75, 3.05) is 0 Å². The zero-order valence-electron chi connectivity index (χ0n) is 9.95.